The zero-order valence-corrected chi connectivity index (χ0v) is 19.5. The molecule has 166 valence electrons. The Morgan fingerprint density at radius 3 is 2.56 bits per heavy atom. The number of thiophene rings is 1. The number of rotatable bonds is 6. The molecule has 1 saturated heterocycles. The minimum atomic E-state index is -0.600. The number of carbonyl (C=O) groups excluding carboxylic acids is 2. The van der Waals surface area contributed by atoms with Crippen LogP contribution < -0.4 is 0 Å². The van der Waals surface area contributed by atoms with Gasteiger partial charge in [0.25, 0.3) is 0 Å². The summed E-state index contributed by atoms with van der Waals surface area (Å²) in [6.07, 6.45) is 5.99. The summed E-state index contributed by atoms with van der Waals surface area (Å²) in [5.74, 6) is 0.153. The number of amides is 2. The van der Waals surface area contributed by atoms with E-state index in [4.69, 9.17) is 0 Å². The van der Waals surface area contributed by atoms with Gasteiger partial charge in [0.2, 0.25) is 11.8 Å². The average Bonchev–Trinajstić information content (AvgIpc) is 3.35. The maximum Gasteiger partial charge on any atom is 0.230 e. The molecule has 0 radical (unpaired) electrons. The summed E-state index contributed by atoms with van der Waals surface area (Å²) in [5.41, 5.74) is 2.61. The Balaban J connectivity index is 1.54. The molecular weight excluding hydrogens is 418 g/mol. The van der Waals surface area contributed by atoms with Gasteiger partial charge in [0.15, 0.2) is 0 Å². The van der Waals surface area contributed by atoms with Crippen LogP contribution in [0.4, 0.5) is 0 Å². The molecule has 5 nitrogen and oxygen atoms in total. The number of likely N-dealkylation sites (tertiary alicyclic amines) is 1. The van der Waals surface area contributed by atoms with Gasteiger partial charge in [-0.1, -0.05) is 36.4 Å². The molecule has 3 heterocycles. The quantitative estimate of drug-likeness (QED) is 0.566. The van der Waals surface area contributed by atoms with Crippen LogP contribution >= 0.6 is 11.3 Å². The van der Waals surface area contributed by atoms with E-state index in [0.29, 0.717) is 25.9 Å². The number of hydrogen-bond acceptors (Lipinski definition) is 4. The molecule has 32 heavy (non-hydrogen) atoms. The van der Waals surface area contributed by atoms with Crippen molar-refractivity contribution in [1.29, 1.82) is 0 Å². The second kappa shape index (κ2) is 9.65. The van der Waals surface area contributed by atoms with Crippen molar-refractivity contribution < 1.29 is 9.59 Å². The lowest BCUT2D eigenvalue weighted by Gasteiger charge is -2.43. The van der Waals surface area contributed by atoms with Crippen molar-refractivity contribution in [2.75, 3.05) is 27.2 Å². The molecule has 0 N–H and O–H groups in total. The van der Waals surface area contributed by atoms with Crippen molar-refractivity contribution >= 4 is 23.2 Å². The van der Waals surface area contributed by atoms with Crippen molar-refractivity contribution in [3.05, 3.63) is 77.4 Å². The van der Waals surface area contributed by atoms with E-state index in [9.17, 15) is 9.59 Å². The third kappa shape index (κ3) is 4.91. The molecule has 2 amide bonds. The first-order valence-electron chi connectivity index (χ1n) is 11.0. The van der Waals surface area contributed by atoms with E-state index in [2.05, 4.69) is 46.8 Å². The zero-order valence-electron chi connectivity index (χ0n) is 18.7. The van der Waals surface area contributed by atoms with Crippen LogP contribution in [0.2, 0.25) is 0 Å². The molecular formula is C26H29N3O2S. The summed E-state index contributed by atoms with van der Waals surface area (Å²) >= 11 is 1.72. The summed E-state index contributed by atoms with van der Waals surface area (Å²) in [6, 6.07) is 16.4. The molecule has 1 fully saturated rings. The summed E-state index contributed by atoms with van der Waals surface area (Å²) in [7, 11) is 3.61. The van der Waals surface area contributed by atoms with Crippen LogP contribution in [0.25, 0.3) is 10.4 Å². The van der Waals surface area contributed by atoms with Gasteiger partial charge in [-0.05, 0) is 53.5 Å². The second-order valence-corrected chi connectivity index (χ2v) is 9.74. The van der Waals surface area contributed by atoms with Crippen molar-refractivity contribution in [2.45, 2.75) is 25.7 Å². The largest absolute Gasteiger partial charge is 0.348 e. The summed E-state index contributed by atoms with van der Waals surface area (Å²) in [4.78, 5) is 35.3. The minimum Gasteiger partial charge on any atom is -0.348 e. The van der Waals surface area contributed by atoms with Crippen LogP contribution in [0.3, 0.4) is 0 Å². The molecule has 1 aliphatic heterocycles. The molecule has 0 saturated carbocycles. The van der Waals surface area contributed by atoms with Gasteiger partial charge in [-0.15, -0.1) is 11.3 Å². The first kappa shape index (κ1) is 22.2. The molecule has 0 unspecified atom stereocenters. The lowest BCUT2D eigenvalue weighted by atomic mass is 9.73. The van der Waals surface area contributed by atoms with Crippen LogP contribution in [-0.2, 0) is 22.4 Å². The number of pyridine rings is 1. The fourth-order valence-corrected chi connectivity index (χ4v) is 5.36. The second-order valence-electron chi connectivity index (χ2n) is 8.79. The van der Waals surface area contributed by atoms with E-state index >= 15 is 0 Å². The number of benzene rings is 1. The van der Waals surface area contributed by atoms with Crippen molar-refractivity contribution in [1.82, 2.24) is 14.8 Å². The first-order chi connectivity index (χ1) is 15.5. The van der Waals surface area contributed by atoms with Gasteiger partial charge in [-0.2, -0.15) is 0 Å². The fraction of sp³-hybridized carbons (Fsp3) is 0.346. The van der Waals surface area contributed by atoms with Crippen LogP contribution in [0.15, 0.2) is 66.3 Å². The Labute approximate surface area is 193 Å². The number of aromatic nitrogens is 1. The SMILES string of the molecule is CN(C)C(=O)[C@]1(Cc2ccc(-c3cccs3)cc2)CCCN(C(=O)Cc2cccnc2)C1. The number of hydrogen-bond donors (Lipinski definition) is 0. The molecule has 4 rings (SSSR count). The van der Waals surface area contributed by atoms with Crippen LogP contribution in [0, 0.1) is 5.41 Å². The lowest BCUT2D eigenvalue weighted by molar-refractivity contribution is -0.147. The molecule has 3 aromatic rings. The topological polar surface area (TPSA) is 53.5 Å². The smallest absolute Gasteiger partial charge is 0.230 e. The number of piperidine rings is 1. The predicted octanol–water partition coefficient (Wildman–Crippen LogP) is 4.29. The maximum atomic E-state index is 13.4. The predicted molar refractivity (Wildman–Crippen MR) is 128 cm³/mol. The molecule has 1 aromatic carbocycles. The zero-order chi connectivity index (χ0) is 22.6. The highest BCUT2D eigenvalue weighted by Gasteiger charge is 2.44. The molecule has 1 aliphatic rings. The summed E-state index contributed by atoms with van der Waals surface area (Å²) in [5, 5.41) is 2.08. The maximum absolute atomic E-state index is 13.4. The third-order valence-electron chi connectivity index (χ3n) is 6.17. The van der Waals surface area contributed by atoms with Crippen molar-refractivity contribution in [3.63, 3.8) is 0 Å². The molecule has 6 heteroatoms. The van der Waals surface area contributed by atoms with E-state index in [0.717, 1.165) is 24.0 Å². The molecule has 1 atom stereocenters. The van der Waals surface area contributed by atoms with E-state index < -0.39 is 5.41 Å². The Hall–Kier alpha value is -2.99. The first-order valence-corrected chi connectivity index (χ1v) is 11.9. The summed E-state index contributed by atoms with van der Waals surface area (Å²) in [6.45, 7) is 1.15. The van der Waals surface area contributed by atoms with Crippen LogP contribution in [0.1, 0.15) is 24.0 Å². The molecule has 0 spiro atoms. The van der Waals surface area contributed by atoms with E-state index in [-0.39, 0.29) is 11.8 Å². The van der Waals surface area contributed by atoms with E-state index in [1.54, 1.807) is 42.7 Å². The van der Waals surface area contributed by atoms with Gasteiger partial charge >= 0.3 is 0 Å². The molecule has 2 aromatic heterocycles. The fourth-order valence-electron chi connectivity index (χ4n) is 4.62. The summed E-state index contributed by atoms with van der Waals surface area (Å²) < 4.78 is 0. The number of nitrogens with zero attached hydrogens (tertiary/aromatic N) is 3. The van der Waals surface area contributed by atoms with Crippen molar-refractivity contribution in [3.8, 4) is 10.4 Å². The Morgan fingerprint density at radius 2 is 1.91 bits per heavy atom. The van der Waals surface area contributed by atoms with Gasteiger partial charge < -0.3 is 9.80 Å². The highest BCUT2D eigenvalue weighted by atomic mass is 32.1. The van der Waals surface area contributed by atoms with Crippen molar-refractivity contribution in [2.24, 2.45) is 5.41 Å². The third-order valence-corrected chi connectivity index (χ3v) is 7.09. The van der Waals surface area contributed by atoms with Crippen LogP contribution in [0.5, 0.6) is 0 Å². The normalized spacial score (nSPS) is 18.4. The Bertz CT molecular complexity index is 1050. The highest BCUT2D eigenvalue weighted by Crippen LogP contribution is 2.36. The van der Waals surface area contributed by atoms with Gasteiger partial charge in [0.1, 0.15) is 0 Å². The van der Waals surface area contributed by atoms with Gasteiger partial charge in [-0.25, -0.2) is 0 Å². The van der Waals surface area contributed by atoms with E-state index in [1.807, 2.05) is 17.0 Å². The molecule has 0 bridgehead atoms. The number of carbonyl (C=O) groups is 2. The average molecular weight is 448 g/mol. The van der Waals surface area contributed by atoms with Crippen LogP contribution in [-0.4, -0.2) is 53.8 Å². The van der Waals surface area contributed by atoms with Gasteiger partial charge in [-0.3, -0.25) is 14.6 Å². The van der Waals surface area contributed by atoms with Gasteiger partial charge in [0.05, 0.1) is 11.8 Å². The van der Waals surface area contributed by atoms with Gasteiger partial charge in [0, 0.05) is 44.5 Å². The highest BCUT2D eigenvalue weighted by molar-refractivity contribution is 7.13. The Kier molecular flexibility index (Phi) is 6.70. The van der Waals surface area contributed by atoms with E-state index in [1.165, 1.54) is 10.4 Å². The monoisotopic (exact) mass is 447 g/mol. The lowest BCUT2D eigenvalue weighted by Crippen LogP contribution is -2.54. The Morgan fingerprint density at radius 1 is 1.09 bits per heavy atom. The standard InChI is InChI=1S/C26H29N3O2S/c1-28(2)25(31)26(17-20-8-10-22(11-9-20)23-7-4-15-32-23)12-5-14-29(19-26)24(30)16-21-6-3-13-27-18-21/h3-4,6-11,13,15,18H,5,12,14,16-17,19H2,1-2H3/t26-/m0/s1. The molecule has 0 aliphatic carbocycles. The minimum absolute atomic E-state index is 0.0571.